The van der Waals surface area contributed by atoms with Gasteiger partial charge in [-0.15, -0.1) is 0 Å². The Balaban J connectivity index is 5.21. The van der Waals surface area contributed by atoms with Gasteiger partial charge in [0.05, 0.1) is 33.8 Å². The number of phosphoric ester groups is 1. The van der Waals surface area contributed by atoms with E-state index in [1.165, 1.54) is 154 Å². The number of carbonyl (C=O) groups excluding carboxylic acids is 2. The molecule has 9 nitrogen and oxygen atoms in total. The van der Waals surface area contributed by atoms with E-state index in [-0.39, 0.29) is 31.5 Å². The minimum Gasteiger partial charge on any atom is -0.456 e. The molecule has 83 heavy (non-hydrogen) atoms. The van der Waals surface area contributed by atoms with Crippen LogP contribution in [0.5, 0.6) is 0 Å². The summed E-state index contributed by atoms with van der Waals surface area (Å²) in [6.07, 6.45) is 84.0. The van der Waals surface area contributed by atoms with Crippen molar-refractivity contribution in [2.75, 3.05) is 40.9 Å². The molecular weight excluding hydrogens is 1050 g/mol. The third kappa shape index (κ3) is 63.3. The summed E-state index contributed by atoms with van der Waals surface area (Å²) >= 11 is 0. The first-order valence-corrected chi connectivity index (χ1v) is 36.1. The van der Waals surface area contributed by atoms with E-state index in [4.69, 9.17) is 13.8 Å². The van der Waals surface area contributed by atoms with Crippen LogP contribution in [0.3, 0.4) is 0 Å². The van der Waals surface area contributed by atoms with Gasteiger partial charge in [0.2, 0.25) is 5.91 Å². The van der Waals surface area contributed by atoms with Crippen LogP contribution in [0.1, 0.15) is 303 Å². The molecule has 0 aliphatic heterocycles. The predicted octanol–water partition coefficient (Wildman–Crippen LogP) is 21.9. The van der Waals surface area contributed by atoms with Crippen LogP contribution >= 0.6 is 7.82 Å². The predicted molar refractivity (Wildman–Crippen MR) is 360 cm³/mol. The number of amides is 1. The van der Waals surface area contributed by atoms with E-state index in [1.54, 1.807) is 0 Å². The van der Waals surface area contributed by atoms with E-state index in [0.29, 0.717) is 17.4 Å². The molecule has 0 aromatic heterocycles. The van der Waals surface area contributed by atoms with E-state index in [0.717, 1.165) is 116 Å². The second kappa shape index (κ2) is 62.0. The van der Waals surface area contributed by atoms with Gasteiger partial charge in [0.25, 0.3) is 0 Å². The van der Waals surface area contributed by atoms with Crippen molar-refractivity contribution in [3.05, 3.63) is 97.2 Å². The third-order valence-corrected chi connectivity index (χ3v) is 16.0. The maximum absolute atomic E-state index is 13.6. The highest BCUT2D eigenvalue weighted by atomic mass is 31.2. The molecule has 0 saturated heterocycles. The van der Waals surface area contributed by atoms with E-state index in [2.05, 4.69) is 111 Å². The molecule has 0 aliphatic rings. The van der Waals surface area contributed by atoms with Crippen LogP contribution in [-0.2, 0) is 27.9 Å². The summed E-state index contributed by atoms with van der Waals surface area (Å²) < 4.78 is 30.8. The van der Waals surface area contributed by atoms with Gasteiger partial charge in [0.1, 0.15) is 19.3 Å². The van der Waals surface area contributed by atoms with Gasteiger partial charge < -0.3 is 19.4 Å². The zero-order chi connectivity index (χ0) is 60.7. The number of likely N-dealkylation sites (N-methyl/N-ethyl adjacent to an activating group) is 1. The first-order valence-electron chi connectivity index (χ1n) is 34.6. The number of unbranched alkanes of at least 4 members (excludes halogenated alkanes) is 32. The molecule has 10 heteroatoms. The molecule has 0 aromatic carbocycles. The molecule has 480 valence electrons. The van der Waals surface area contributed by atoms with E-state index in [1.807, 2.05) is 33.3 Å². The smallest absolute Gasteiger partial charge is 0.456 e. The molecular formula is C73H132N2O7P+. The summed E-state index contributed by atoms with van der Waals surface area (Å²) in [6.45, 7) is 6.96. The average Bonchev–Trinajstić information content (AvgIpc) is 3.46. The van der Waals surface area contributed by atoms with Gasteiger partial charge in [-0.2, -0.15) is 0 Å². The Morgan fingerprint density at radius 2 is 0.735 bits per heavy atom. The normalized spacial score (nSPS) is 14.2. The largest absolute Gasteiger partial charge is 0.472 e. The van der Waals surface area contributed by atoms with Crippen molar-refractivity contribution in [3.8, 4) is 0 Å². The number of esters is 1. The van der Waals surface area contributed by atoms with Gasteiger partial charge >= 0.3 is 13.8 Å². The van der Waals surface area contributed by atoms with Gasteiger partial charge in [-0.1, -0.05) is 272 Å². The molecule has 0 rings (SSSR count). The van der Waals surface area contributed by atoms with Crippen molar-refractivity contribution < 1.29 is 37.3 Å². The molecule has 3 atom stereocenters. The lowest BCUT2D eigenvalue weighted by atomic mass is 10.0. The van der Waals surface area contributed by atoms with Crippen molar-refractivity contribution in [2.45, 2.75) is 315 Å². The molecule has 0 aromatic rings. The third-order valence-electron chi connectivity index (χ3n) is 15.0. The number of rotatable bonds is 62. The van der Waals surface area contributed by atoms with Crippen molar-refractivity contribution in [1.29, 1.82) is 0 Å². The Kier molecular flexibility index (Phi) is 59.7. The highest BCUT2D eigenvalue weighted by molar-refractivity contribution is 7.47. The summed E-state index contributed by atoms with van der Waals surface area (Å²) in [7, 11) is 1.48. The number of hydrogen-bond acceptors (Lipinski definition) is 6. The summed E-state index contributed by atoms with van der Waals surface area (Å²) in [4.78, 5) is 37.9. The SMILES string of the molecule is CCCCC/C=C\C/C=C\C/C=C\C/C=C\CCCCCCCCCC(=O)NC(COP(=O)(O)OCC[N+](C)(C)C)C(/C=C/CCCCCCCCCCCCC)OC(=O)CCCCCCCCCC/C=C\C/C=C\C/C=C\CCCCC. The van der Waals surface area contributed by atoms with E-state index < -0.39 is 20.0 Å². The number of allylic oxidation sites excluding steroid dienone is 15. The lowest BCUT2D eigenvalue weighted by Gasteiger charge is -2.27. The number of hydrogen-bond donors (Lipinski definition) is 2. The molecule has 0 heterocycles. The summed E-state index contributed by atoms with van der Waals surface area (Å²) in [5.74, 6) is -0.523. The van der Waals surface area contributed by atoms with E-state index in [9.17, 15) is 19.0 Å². The van der Waals surface area contributed by atoms with Crippen LogP contribution < -0.4 is 5.32 Å². The van der Waals surface area contributed by atoms with Gasteiger partial charge in [-0.3, -0.25) is 18.6 Å². The number of ether oxygens (including phenoxy) is 1. The number of quaternary nitrogens is 1. The molecule has 0 bridgehead atoms. The maximum atomic E-state index is 13.6. The average molecular weight is 1180 g/mol. The van der Waals surface area contributed by atoms with Crippen LogP contribution in [0, 0.1) is 0 Å². The molecule has 0 saturated carbocycles. The van der Waals surface area contributed by atoms with Crippen LogP contribution in [0.15, 0.2) is 97.2 Å². The Morgan fingerprint density at radius 3 is 1.12 bits per heavy atom. The highest BCUT2D eigenvalue weighted by Crippen LogP contribution is 2.43. The minimum atomic E-state index is -4.46. The Bertz CT molecular complexity index is 1740. The molecule has 1 amide bonds. The van der Waals surface area contributed by atoms with E-state index >= 15 is 0 Å². The molecule has 2 N–H and O–H groups in total. The lowest BCUT2D eigenvalue weighted by molar-refractivity contribution is -0.870. The molecule has 0 aliphatic carbocycles. The first-order chi connectivity index (χ1) is 40.4. The topological polar surface area (TPSA) is 111 Å². The summed E-state index contributed by atoms with van der Waals surface area (Å²) in [6, 6.07) is -0.864. The van der Waals surface area contributed by atoms with Crippen LogP contribution in [0.25, 0.3) is 0 Å². The first kappa shape index (κ1) is 79.9. The molecule has 0 fully saturated rings. The van der Waals surface area contributed by atoms with Crippen LogP contribution in [-0.4, -0.2) is 74.3 Å². The zero-order valence-electron chi connectivity index (χ0n) is 54.9. The van der Waals surface area contributed by atoms with Gasteiger partial charge in [-0.25, -0.2) is 4.57 Å². The van der Waals surface area contributed by atoms with Crippen LogP contribution in [0.4, 0.5) is 0 Å². The van der Waals surface area contributed by atoms with Crippen molar-refractivity contribution >= 4 is 19.7 Å². The monoisotopic (exact) mass is 1180 g/mol. The lowest BCUT2D eigenvalue weighted by Crippen LogP contribution is -2.47. The second-order valence-corrected chi connectivity index (χ2v) is 25.8. The van der Waals surface area contributed by atoms with Crippen molar-refractivity contribution in [2.24, 2.45) is 0 Å². The Labute approximate surface area is 513 Å². The number of nitrogens with zero attached hydrogens (tertiary/aromatic N) is 1. The fourth-order valence-electron chi connectivity index (χ4n) is 9.64. The summed E-state index contributed by atoms with van der Waals surface area (Å²) in [5, 5.41) is 3.06. The van der Waals surface area contributed by atoms with Gasteiger partial charge in [0.15, 0.2) is 0 Å². The Hall–Kier alpha value is -3.07. The highest BCUT2D eigenvalue weighted by Gasteiger charge is 2.30. The van der Waals surface area contributed by atoms with Crippen LogP contribution in [0.2, 0.25) is 0 Å². The fraction of sp³-hybridized carbons (Fsp3) is 0.753. The van der Waals surface area contributed by atoms with Crippen molar-refractivity contribution in [3.63, 3.8) is 0 Å². The number of carbonyl (C=O) groups is 2. The maximum Gasteiger partial charge on any atom is 0.472 e. The Morgan fingerprint density at radius 1 is 0.422 bits per heavy atom. The van der Waals surface area contributed by atoms with Gasteiger partial charge in [0, 0.05) is 12.8 Å². The quantitative estimate of drug-likeness (QED) is 0.0205. The van der Waals surface area contributed by atoms with Gasteiger partial charge in [-0.05, 0) is 115 Å². The fourth-order valence-corrected chi connectivity index (χ4v) is 10.4. The number of phosphoric acid groups is 1. The number of nitrogens with one attached hydrogen (secondary N) is 1. The minimum absolute atomic E-state index is 0.0325. The molecule has 3 unspecified atom stereocenters. The zero-order valence-corrected chi connectivity index (χ0v) is 55.8. The molecule has 0 radical (unpaired) electrons. The molecule has 0 spiro atoms. The second-order valence-electron chi connectivity index (χ2n) is 24.3. The summed E-state index contributed by atoms with van der Waals surface area (Å²) in [5.41, 5.74) is 0. The van der Waals surface area contributed by atoms with Crippen molar-refractivity contribution in [1.82, 2.24) is 5.32 Å². The standard InChI is InChI=1S/C73H131N2O7P/c1-7-10-13-16-19-22-25-28-30-32-34-36-37-39-40-42-44-47-50-53-56-59-62-65-72(76)74-70(69-81-83(78,79)80-68-67-75(4,5)6)71(64-61-58-55-52-49-46-27-24-21-18-15-12-9-3)82-73(77)66-63-60-57-54-51-48-45-43-41-38-35-33-31-29-26-23-20-17-14-11-8-2/h19-20,22-23,28-31,34-36,38-40,61,64,70-71H,7-18,21,24-27,32-33,37,41-60,62-63,65-69H2,1-6H3,(H-,74,76,78,79)/p+1/b22-19-,23-20-,30-28-,31-29-,36-34-,38-35-,40-39-,64-61+.